The summed E-state index contributed by atoms with van der Waals surface area (Å²) in [6.45, 7) is 0. The molecule has 1 aromatic carbocycles. The van der Waals surface area contributed by atoms with Gasteiger partial charge in [-0.3, -0.25) is 0 Å². The van der Waals surface area contributed by atoms with Crippen molar-refractivity contribution in [2.45, 2.75) is 49.3 Å². The molecule has 0 radical (unpaired) electrons. The lowest BCUT2D eigenvalue weighted by Crippen LogP contribution is -2.25. The fraction of sp³-hybridized carbons (Fsp3) is 0.421. The number of benzene rings is 1. The van der Waals surface area contributed by atoms with Crippen molar-refractivity contribution in [3.63, 3.8) is 0 Å². The first kappa shape index (κ1) is 20.6. The van der Waals surface area contributed by atoms with E-state index in [1.54, 1.807) is 24.3 Å². The van der Waals surface area contributed by atoms with Gasteiger partial charge < -0.3 is 5.32 Å². The van der Waals surface area contributed by atoms with Crippen LogP contribution in [0.25, 0.3) is 5.65 Å². The van der Waals surface area contributed by atoms with E-state index in [-0.39, 0.29) is 22.5 Å². The van der Waals surface area contributed by atoms with Crippen LogP contribution in [0.2, 0.25) is 0 Å². The Morgan fingerprint density at radius 3 is 2.57 bits per heavy atom. The monoisotopic (exact) mass is 439 g/mol. The first-order valence-corrected chi connectivity index (χ1v) is 11.3. The van der Waals surface area contributed by atoms with Gasteiger partial charge in [-0.1, -0.05) is 31.4 Å². The van der Waals surface area contributed by atoms with Crippen LogP contribution in [0.5, 0.6) is 0 Å². The Hall–Kier alpha value is -2.69. The molecule has 2 heterocycles. The molecule has 0 unspecified atom stereocenters. The minimum absolute atomic E-state index is 0.0276. The lowest BCUT2D eigenvalue weighted by atomic mass is 10.0. The lowest BCUT2D eigenvalue weighted by Gasteiger charge is -2.21. The van der Waals surface area contributed by atoms with Crippen molar-refractivity contribution >= 4 is 27.0 Å². The first-order valence-electron chi connectivity index (χ1n) is 9.59. The van der Waals surface area contributed by atoms with Crippen LogP contribution >= 0.6 is 0 Å². The van der Waals surface area contributed by atoms with Gasteiger partial charge in [-0.05, 0) is 42.7 Å². The normalized spacial score (nSPS) is 16.1. The fourth-order valence-corrected chi connectivity index (χ4v) is 5.62. The highest BCUT2D eigenvalue weighted by atomic mass is 32.2. The summed E-state index contributed by atoms with van der Waals surface area (Å²) < 4.78 is 65.2. The highest BCUT2D eigenvalue weighted by Crippen LogP contribution is 2.29. The van der Waals surface area contributed by atoms with Gasteiger partial charge in [0, 0.05) is 5.69 Å². The highest BCUT2D eigenvalue weighted by Gasteiger charge is 2.37. The van der Waals surface area contributed by atoms with Crippen molar-refractivity contribution in [3.8, 4) is 0 Å². The molecule has 0 bridgehead atoms. The Labute approximate surface area is 171 Å². The Morgan fingerprint density at radius 2 is 1.83 bits per heavy atom. The molecule has 4 rings (SSSR count). The third-order valence-electron chi connectivity index (χ3n) is 5.14. The van der Waals surface area contributed by atoms with Crippen LogP contribution in [0.15, 0.2) is 36.4 Å². The van der Waals surface area contributed by atoms with Gasteiger partial charge in [0.15, 0.2) is 21.3 Å². The minimum atomic E-state index is -4.68. The van der Waals surface area contributed by atoms with E-state index in [0.717, 1.165) is 19.3 Å². The summed E-state index contributed by atoms with van der Waals surface area (Å²) >= 11 is 0. The maximum Gasteiger partial charge on any atom is 0.453 e. The van der Waals surface area contributed by atoms with E-state index in [9.17, 15) is 21.6 Å². The number of rotatable bonds is 5. The molecule has 1 saturated carbocycles. The van der Waals surface area contributed by atoms with Crippen molar-refractivity contribution in [1.29, 1.82) is 0 Å². The summed E-state index contributed by atoms with van der Waals surface area (Å²) in [5.41, 5.74) is 1.12. The lowest BCUT2D eigenvalue weighted by molar-refractivity contribution is -0.146. The number of hydrogen-bond acceptors (Lipinski definition) is 6. The summed E-state index contributed by atoms with van der Waals surface area (Å²) in [4.78, 5) is 0. The Kier molecular flexibility index (Phi) is 5.39. The van der Waals surface area contributed by atoms with Crippen LogP contribution in [-0.4, -0.2) is 33.5 Å². The number of anilines is 2. The van der Waals surface area contributed by atoms with Crippen LogP contribution in [0.1, 0.15) is 43.5 Å². The average Bonchev–Trinajstić information content (AvgIpc) is 3.12. The Bertz CT molecular complexity index is 1150. The number of halogens is 3. The summed E-state index contributed by atoms with van der Waals surface area (Å²) in [7, 11) is -3.26. The molecule has 160 valence electrons. The molecule has 2 aromatic heterocycles. The number of aromatic nitrogens is 4. The van der Waals surface area contributed by atoms with Crippen LogP contribution in [0.3, 0.4) is 0 Å². The molecule has 1 fully saturated rings. The smallest absolute Gasteiger partial charge is 0.339 e. The molecule has 3 aromatic rings. The molecular formula is C19H20F3N5O2S. The molecule has 1 aliphatic rings. The first-order chi connectivity index (χ1) is 14.2. The van der Waals surface area contributed by atoms with Gasteiger partial charge in [0.1, 0.15) is 0 Å². The third-order valence-corrected chi connectivity index (χ3v) is 7.37. The van der Waals surface area contributed by atoms with Gasteiger partial charge in [-0.15, -0.1) is 15.3 Å². The van der Waals surface area contributed by atoms with E-state index in [4.69, 9.17) is 0 Å². The van der Waals surface area contributed by atoms with Crippen LogP contribution < -0.4 is 5.32 Å². The zero-order valence-electron chi connectivity index (χ0n) is 15.9. The van der Waals surface area contributed by atoms with Gasteiger partial charge in [0.2, 0.25) is 0 Å². The summed E-state index contributed by atoms with van der Waals surface area (Å²) in [5.74, 6) is -1.13. The molecule has 0 amide bonds. The zero-order valence-corrected chi connectivity index (χ0v) is 16.7. The molecule has 0 saturated heterocycles. The van der Waals surface area contributed by atoms with E-state index in [1.165, 1.54) is 12.1 Å². The maximum atomic E-state index is 13.0. The van der Waals surface area contributed by atoms with E-state index in [2.05, 4.69) is 20.6 Å². The standard InChI is InChI=1S/C19H20F3N5O2S/c20-19(21,22)18-25-24-17-10-9-16(26-27(17)18)23-14-6-4-5-13(11-14)12-30(28,29)15-7-2-1-3-8-15/h4-6,9-11,15H,1-3,7-8,12H2,(H,23,26). The van der Waals surface area contributed by atoms with Crippen LogP contribution in [0.4, 0.5) is 24.7 Å². The molecular weight excluding hydrogens is 419 g/mol. The van der Waals surface area contributed by atoms with Gasteiger partial charge in [0.05, 0.1) is 11.0 Å². The van der Waals surface area contributed by atoms with Crippen molar-refractivity contribution in [2.75, 3.05) is 5.32 Å². The molecule has 11 heteroatoms. The molecule has 30 heavy (non-hydrogen) atoms. The number of nitrogens with zero attached hydrogens (tertiary/aromatic N) is 4. The van der Waals surface area contributed by atoms with E-state index < -0.39 is 21.8 Å². The summed E-state index contributed by atoms with van der Waals surface area (Å²) in [6, 6.07) is 9.64. The minimum Gasteiger partial charge on any atom is -0.339 e. The SMILES string of the molecule is O=S(=O)(Cc1cccc(Nc2ccc3nnc(C(F)(F)F)n3n2)c1)C1CCCCC1. The predicted octanol–water partition coefficient (Wildman–Crippen LogP) is 4.13. The van der Waals surface area contributed by atoms with Gasteiger partial charge in [0.25, 0.3) is 5.82 Å². The second kappa shape index (κ2) is 7.86. The molecule has 7 nitrogen and oxygen atoms in total. The Balaban J connectivity index is 1.54. The Morgan fingerprint density at radius 1 is 1.07 bits per heavy atom. The average molecular weight is 439 g/mol. The maximum absolute atomic E-state index is 13.0. The topological polar surface area (TPSA) is 89.2 Å². The van der Waals surface area contributed by atoms with E-state index in [1.807, 2.05) is 0 Å². The second-order valence-corrected chi connectivity index (χ2v) is 9.68. The highest BCUT2D eigenvalue weighted by molar-refractivity contribution is 7.91. The molecule has 0 atom stereocenters. The van der Waals surface area contributed by atoms with Crippen molar-refractivity contribution in [3.05, 3.63) is 47.8 Å². The number of hydrogen-bond donors (Lipinski definition) is 1. The van der Waals surface area contributed by atoms with Crippen molar-refractivity contribution in [1.82, 2.24) is 19.8 Å². The summed E-state index contributed by atoms with van der Waals surface area (Å²) in [5, 5.41) is 13.1. The van der Waals surface area contributed by atoms with Gasteiger partial charge in [-0.25, -0.2) is 8.42 Å². The van der Waals surface area contributed by atoms with Gasteiger partial charge >= 0.3 is 6.18 Å². The number of alkyl halides is 3. The van der Waals surface area contributed by atoms with Crippen LogP contribution in [0, 0.1) is 0 Å². The van der Waals surface area contributed by atoms with Crippen LogP contribution in [-0.2, 0) is 21.8 Å². The summed E-state index contributed by atoms with van der Waals surface area (Å²) in [6.07, 6.45) is -0.343. The fourth-order valence-electron chi connectivity index (χ4n) is 3.69. The van der Waals surface area contributed by atoms with Crippen molar-refractivity contribution in [2.24, 2.45) is 0 Å². The number of sulfone groups is 1. The van der Waals surface area contributed by atoms with Gasteiger partial charge in [-0.2, -0.15) is 17.7 Å². The number of nitrogens with one attached hydrogen (secondary N) is 1. The number of fused-ring (bicyclic) bond motifs is 1. The predicted molar refractivity (Wildman–Crippen MR) is 105 cm³/mol. The molecule has 1 aliphatic carbocycles. The largest absolute Gasteiger partial charge is 0.453 e. The van der Waals surface area contributed by atoms with Crippen molar-refractivity contribution < 1.29 is 21.6 Å². The van der Waals surface area contributed by atoms with E-state index in [0.29, 0.717) is 28.6 Å². The quantitative estimate of drug-likeness (QED) is 0.643. The zero-order chi connectivity index (χ0) is 21.4. The third kappa shape index (κ3) is 4.40. The molecule has 1 N–H and O–H groups in total. The molecule has 0 spiro atoms. The molecule has 0 aliphatic heterocycles. The van der Waals surface area contributed by atoms with E-state index >= 15 is 0 Å². The second-order valence-electron chi connectivity index (χ2n) is 7.40.